The van der Waals surface area contributed by atoms with E-state index in [1.807, 2.05) is 74.0 Å². The highest BCUT2D eigenvalue weighted by Gasteiger charge is 2.29. The SMILES string of the molecule is Cc1nn(Cc2ccccc2)c(C)c1CNC(=O)C(C)(C)c1ccccc1. The molecule has 2 aromatic carbocycles. The Morgan fingerprint density at radius 3 is 2.22 bits per heavy atom. The van der Waals surface area contributed by atoms with E-state index in [0.717, 1.165) is 29.1 Å². The number of hydrogen-bond acceptors (Lipinski definition) is 2. The largest absolute Gasteiger partial charge is 0.351 e. The fourth-order valence-corrected chi connectivity index (χ4v) is 3.28. The predicted molar refractivity (Wildman–Crippen MR) is 109 cm³/mol. The average Bonchev–Trinajstić information content (AvgIpc) is 2.94. The number of hydrogen-bond donors (Lipinski definition) is 1. The minimum Gasteiger partial charge on any atom is -0.351 e. The van der Waals surface area contributed by atoms with Crippen LogP contribution in [0, 0.1) is 13.8 Å². The van der Waals surface area contributed by atoms with E-state index < -0.39 is 5.41 Å². The fraction of sp³-hybridized carbons (Fsp3) is 0.304. The Bertz CT molecular complexity index is 912. The van der Waals surface area contributed by atoms with E-state index in [-0.39, 0.29) is 5.91 Å². The summed E-state index contributed by atoms with van der Waals surface area (Å²) in [5.41, 5.74) is 4.78. The van der Waals surface area contributed by atoms with Gasteiger partial charge in [0.05, 0.1) is 17.7 Å². The second-order valence-electron chi connectivity index (χ2n) is 7.47. The van der Waals surface area contributed by atoms with E-state index >= 15 is 0 Å². The van der Waals surface area contributed by atoms with Crippen LogP contribution in [0.25, 0.3) is 0 Å². The predicted octanol–water partition coefficient (Wildman–Crippen LogP) is 4.14. The van der Waals surface area contributed by atoms with Gasteiger partial charge in [-0.15, -0.1) is 0 Å². The maximum absolute atomic E-state index is 12.8. The van der Waals surface area contributed by atoms with Gasteiger partial charge in [0.25, 0.3) is 0 Å². The van der Waals surface area contributed by atoms with Crippen molar-refractivity contribution in [2.24, 2.45) is 0 Å². The first kappa shape index (κ1) is 18.9. The molecule has 4 heteroatoms. The molecule has 4 nitrogen and oxygen atoms in total. The Labute approximate surface area is 161 Å². The van der Waals surface area contributed by atoms with E-state index in [1.165, 1.54) is 5.56 Å². The molecule has 1 N–H and O–H groups in total. The number of carbonyl (C=O) groups excluding carboxylic acids is 1. The molecule has 3 aromatic rings. The highest BCUT2D eigenvalue weighted by Crippen LogP contribution is 2.23. The Kier molecular flexibility index (Phi) is 5.45. The number of aromatic nitrogens is 2. The van der Waals surface area contributed by atoms with Crippen molar-refractivity contribution in [1.82, 2.24) is 15.1 Å². The molecule has 0 saturated heterocycles. The van der Waals surface area contributed by atoms with Gasteiger partial charge in [0, 0.05) is 17.8 Å². The third-order valence-corrected chi connectivity index (χ3v) is 5.20. The Morgan fingerprint density at radius 1 is 1.00 bits per heavy atom. The number of nitrogens with zero attached hydrogens (tertiary/aromatic N) is 2. The van der Waals surface area contributed by atoms with E-state index in [2.05, 4.69) is 29.5 Å². The van der Waals surface area contributed by atoms with Gasteiger partial charge in [0.15, 0.2) is 0 Å². The molecule has 0 aliphatic heterocycles. The van der Waals surface area contributed by atoms with Crippen LogP contribution in [0.5, 0.6) is 0 Å². The highest BCUT2D eigenvalue weighted by atomic mass is 16.2. The summed E-state index contributed by atoms with van der Waals surface area (Å²) in [6.07, 6.45) is 0. The molecule has 3 rings (SSSR count). The van der Waals surface area contributed by atoms with Gasteiger partial charge >= 0.3 is 0 Å². The number of rotatable bonds is 6. The Hall–Kier alpha value is -2.88. The molecule has 0 aliphatic rings. The zero-order chi connectivity index (χ0) is 19.4. The van der Waals surface area contributed by atoms with Crippen molar-refractivity contribution in [3.05, 3.63) is 88.7 Å². The molecule has 1 heterocycles. The smallest absolute Gasteiger partial charge is 0.230 e. The number of aryl methyl sites for hydroxylation is 1. The molecule has 0 atom stereocenters. The van der Waals surface area contributed by atoms with Gasteiger partial charge in [0.1, 0.15) is 0 Å². The topological polar surface area (TPSA) is 46.9 Å². The first-order valence-electron chi connectivity index (χ1n) is 9.30. The van der Waals surface area contributed by atoms with Gasteiger partial charge < -0.3 is 5.32 Å². The molecule has 1 aromatic heterocycles. The van der Waals surface area contributed by atoms with Gasteiger partial charge in [-0.3, -0.25) is 9.48 Å². The minimum atomic E-state index is -0.580. The maximum Gasteiger partial charge on any atom is 0.230 e. The lowest BCUT2D eigenvalue weighted by molar-refractivity contribution is -0.125. The summed E-state index contributed by atoms with van der Waals surface area (Å²) >= 11 is 0. The fourth-order valence-electron chi connectivity index (χ4n) is 3.28. The number of amides is 1. The summed E-state index contributed by atoms with van der Waals surface area (Å²) in [4.78, 5) is 12.8. The molecule has 0 radical (unpaired) electrons. The number of benzene rings is 2. The maximum atomic E-state index is 12.8. The monoisotopic (exact) mass is 361 g/mol. The van der Waals surface area contributed by atoms with Crippen molar-refractivity contribution >= 4 is 5.91 Å². The number of nitrogens with one attached hydrogen (secondary N) is 1. The molecule has 1 amide bonds. The van der Waals surface area contributed by atoms with Gasteiger partial charge in [0.2, 0.25) is 5.91 Å². The van der Waals surface area contributed by atoms with E-state index in [4.69, 9.17) is 0 Å². The van der Waals surface area contributed by atoms with Crippen molar-refractivity contribution in [1.29, 1.82) is 0 Å². The molecule has 0 bridgehead atoms. The first-order chi connectivity index (χ1) is 12.9. The molecule has 0 aliphatic carbocycles. The summed E-state index contributed by atoms with van der Waals surface area (Å²) in [5.74, 6) is 0.0170. The highest BCUT2D eigenvalue weighted by molar-refractivity contribution is 5.87. The lowest BCUT2D eigenvalue weighted by atomic mass is 9.83. The van der Waals surface area contributed by atoms with Crippen LogP contribution >= 0.6 is 0 Å². The zero-order valence-corrected chi connectivity index (χ0v) is 16.5. The van der Waals surface area contributed by atoms with Crippen molar-refractivity contribution < 1.29 is 4.79 Å². The van der Waals surface area contributed by atoms with Crippen LogP contribution in [-0.4, -0.2) is 15.7 Å². The third kappa shape index (κ3) is 4.11. The van der Waals surface area contributed by atoms with Crippen LogP contribution in [0.15, 0.2) is 60.7 Å². The lowest BCUT2D eigenvalue weighted by Gasteiger charge is -2.24. The minimum absolute atomic E-state index is 0.0170. The standard InChI is InChI=1S/C23H27N3O/c1-17-21(18(2)26(25-17)16-19-11-7-5-8-12-19)15-24-22(27)23(3,4)20-13-9-6-10-14-20/h5-14H,15-16H2,1-4H3,(H,24,27). The van der Waals surface area contributed by atoms with Crippen molar-refractivity contribution in [2.45, 2.75) is 46.2 Å². The van der Waals surface area contributed by atoms with Crippen molar-refractivity contribution in [3.8, 4) is 0 Å². The van der Waals surface area contributed by atoms with E-state index in [0.29, 0.717) is 6.54 Å². The molecular formula is C23H27N3O. The Morgan fingerprint density at radius 2 is 1.59 bits per heavy atom. The lowest BCUT2D eigenvalue weighted by Crippen LogP contribution is -2.39. The molecule has 0 saturated carbocycles. The number of carbonyl (C=O) groups is 1. The van der Waals surface area contributed by atoms with Crippen LogP contribution in [0.1, 0.15) is 41.9 Å². The van der Waals surface area contributed by atoms with Gasteiger partial charge in [-0.2, -0.15) is 5.10 Å². The molecular weight excluding hydrogens is 334 g/mol. The van der Waals surface area contributed by atoms with E-state index in [1.54, 1.807) is 0 Å². The quantitative estimate of drug-likeness (QED) is 0.717. The summed E-state index contributed by atoms with van der Waals surface area (Å²) in [5, 5.41) is 7.77. The van der Waals surface area contributed by atoms with Crippen LogP contribution in [0.3, 0.4) is 0 Å². The summed E-state index contributed by atoms with van der Waals surface area (Å²) in [7, 11) is 0. The summed E-state index contributed by atoms with van der Waals surface area (Å²) in [6.45, 7) is 9.19. The molecule has 27 heavy (non-hydrogen) atoms. The summed E-state index contributed by atoms with van der Waals surface area (Å²) in [6, 6.07) is 20.2. The average molecular weight is 361 g/mol. The molecule has 0 fully saturated rings. The zero-order valence-electron chi connectivity index (χ0n) is 16.5. The summed E-state index contributed by atoms with van der Waals surface area (Å²) < 4.78 is 2.01. The van der Waals surface area contributed by atoms with Crippen LogP contribution < -0.4 is 5.32 Å². The van der Waals surface area contributed by atoms with Gasteiger partial charge in [-0.25, -0.2) is 0 Å². The normalized spacial score (nSPS) is 11.4. The van der Waals surface area contributed by atoms with Gasteiger partial charge in [-0.05, 0) is 38.8 Å². The van der Waals surface area contributed by atoms with Gasteiger partial charge in [-0.1, -0.05) is 60.7 Å². The van der Waals surface area contributed by atoms with E-state index in [9.17, 15) is 4.79 Å². The van der Waals surface area contributed by atoms with Crippen LogP contribution in [-0.2, 0) is 23.3 Å². The second-order valence-corrected chi connectivity index (χ2v) is 7.47. The molecule has 0 unspecified atom stereocenters. The molecule has 0 spiro atoms. The Balaban J connectivity index is 1.72. The van der Waals surface area contributed by atoms with Crippen LogP contribution in [0.2, 0.25) is 0 Å². The third-order valence-electron chi connectivity index (χ3n) is 5.20. The van der Waals surface area contributed by atoms with Crippen molar-refractivity contribution in [3.63, 3.8) is 0 Å². The molecule has 140 valence electrons. The first-order valence-corrected chi connectivity index (χ1v) is 9.30. The second kappa shape index (κ2) is 7.78. The van der Waals surface area contributed by atoms with Crippen molar-refractivity contribution in [2.75, 3.05) is 0 Å². The van der Waals surface area contributed by atoms with Crippen LogP contribution in [0.4, 0.5) is 0 Å².